The number of carbonyl (C=O) groups excluding carboxylic acids is 1. The Bertz CT molecular complexity index is 172. The van der Waals surface area contributed by atoms with Gasteiger partial charge < -0.3 is 14.5 Å². The van der Waals surface area contributed by atoms with Crippen LogP contribution < -0.4 is 5.32 Å². The van der Waals surface area contributed by atoms with Gasteiger partial charge in [0.1, 0.15) is 25.7 Å². The van der Waals surface area contributed by atoms with E-state index < -0.39 is 0 Å². The second kappa shape index (κ2) is 3.41. The van der Waals surface area contributed by atoms with E-state index in [2.05, 4.69) is 19.4 Å². The summed E-state index contributed by atoms with van der Waals surface area (Å²) in [6, 6.07) is 0.350. The van der Waals surface area contributed by atoms with Crippen LogP contribution in [0.15, 0.2) is 0 Å². The quantitative estimate of drug-likeness (QED) is 0.568. The van der Waals surface area contributed by atoms with Crippen molar-refractivity contribution in [2.75, 3.05) is 40.9 Å². The molecule has 0 aromatic carbocycles. The number of likely N-dealkylation sites (N-methyl/N-ethyl adjacent to an activating group) is 1. The Morgan fingerprint density at radius 2 is 2.17 bits per heavy atom. The molecule has 1 amide bonds. The number of quaternary nitrogens is 1. The first kappa shape index (κ1) is 9.48. The first-order valence-electron chi connectivity index (χ1n) is 4.14. The van der Waals surface area contributed by atoms with Gasteiger partial charge in [0.2, 0.25) is 5.91 Å². The minimum Gasteiger partial charge on any atom is -0.375 e. The van der Waals surface area contributed by atoms with Crippen LogP contribution in [0.25, 0.3) is 0 Å². The van der Waals surface area contributed by atoms with Crippen molar-refractivity contribution in [3.63, 3.8) is 0 Å². The lowest BCUT2D eigenvalue weighted by molar-refractivity contribution is -0.931. The molecule has 1 saturated heterocycles. The summed E-state index contributed by atoms with van der Waals surface area (Å²) < 4.78 is 5.71. The fraction of sp³-hybridized carbons (Fsp3) is 0.875. The lowest BCUT2D eigenvalue weighted by Crippen LogP contribution is -2.67. The first-order chi connectivity index (χ1) is 5.53. The first-order valence-corrected chi connectivity index (χ1v) is 4.14. The van der Waals surface area contributed by atoms with E-state index in [1.807, 2.05) is 0 Å². The zero-order chi connectivity index (χ0) is 9.19. The van der Waals surface area contributed by atoms with Crippen LogP contribution in [0.3, 0.4) is 0 Å². The van der Waals surface area contributed by atoms with Crippen LogP contribution in [0.4, 0.5) is 0 Å². The molecule has 4 nitrogen and oxygen atoms in total. The van der Waals surface area contributed by atoms with Gasteiger partial charge in [-0.1, -0.05) is 0 Å². The van der Waals surface area contributed by atoms with Gasteiger partial charge in [-0.25, -0.2) is 0 Å². The van der Waals surface area contributed by atoms with Gasteiger partial charge in [-0.2, -0.15) is 0 Å². The summed E-state index contributed by atoms with van der Waals surface area (Å²) in [5, 5.41) is 2.89. The zero-order valence-corrected chi connectivity index (χ0v) is 7.96. The van der Waals surface area contributed by atoms with E-state index in [0.717, 1.165) is 17.6 Å². The summed E-state index contributed by atoms with van der Waals surface area (Å²) in [7, 11) is 5.83. The summed E-state index contributed by atoms with van der Waals surface area (Å²) >= 11 is 0. The van der Waals surface area contributed by atoms with Crippen molar-refractivity contribution in [2.45, 2.75) is 6.04 Å². The van der Waals surface area contributed by atoms with Crippen LogP contribution in [-0.4, -0.2) is 57.3 Å². The molecule has 1 aliphatic rings. The monoisotopic (exact) mass is 173 g/mol. The van der Waals surface area contributed by atoms with E-state index in [1.54, 1.807) is 0 Å². The van der Waals surface area contributed by atoms with Crippen LogP contribution in [0, 0.1) is 0 Å². The number of nitrogens with zero attached hydrogens (tertiary/aromatic N) is 1. The highest BCUT2D eigenvalue weighted by atomic mass is 16.5. The maximum absolute atomic E-state index is 11.0. The molecule has 0 atom stereocenters. The van der Waals surface area contributed by atoms with Gasteiger partial charge >= 0.3 is 0 Å². The Morgan fingerprint density at radius 3 is 2.58 bits per heavy atom. The van der Waals surface area contributed by atoms with E-state index >= 15 is 0 Å². The van der Waals surface area contributed by atoms with E-state index in [-0.39, 0.29) is 12.5 Å². The van der Waals surface area contributed by atoms with Crippen molar-refractivity contribution >= 4 is 5.91 Å². The molecule has 1 heterocycles. The van der Waals surface area contributed by atoms with E-state index in [1.165, 1.54) is 7.11 Å². The van der Waals surface area contributed by atoms with Crippen LogP contribution >= 0.6 is 0 Å². The minimum absolute atomic E-state index is 0.0119. The summed E-state index contributed by atoms with van der Waals surface area (Å²) in [5.41, 5.74) is 0. The Labute approximate surface area is 73.1 Å². The van der Waals surface area contributed by atoms with Gasteiger partial charge in [0, 0.05) is 7.11 Å². The summed E-state index contributed by atoms with van der Waals surface area (Å²) in [4.78, 5) is 11.0. The van der Waals surface area contributed by atoms with E-state index in [4.69, 9.17) is 4.74 Å². The predicted octanol–water partition coefficient (Wildman–Crippen LogP) is -0.792. The van der Waals surface area contributed by atoms with Crippen molar-refractivity contribution < 1.29 is 14.0 Å². The average molecular weight is 173 g/mol. The molecule has 0 spiro atoms. The van der Waals surface area contributed by atoms with Gasteiger partial charge in [0.05, 0.1) is 14.1 Å². The maximum atomic E-state index is 11.0. The van der Waals surface area contributed by atoms with Gasteiger partial charge in [0.15, 0.2) is 0 Å². The fourth-order valence-electron chi connectivity index (χ4n) is 1.63. The predicted molar refractivity (Wildman–Crippen MR) is 45.6 cm³/mol. The largest absolute Gasteiger partial charge is 0.375 e. The number of methoxy groups -OCH3 is 1. The highest BCUT2D eigenvalue weighted by molar-refractivity contribution is 5.77. The summed E-state index contributed by atoms with van der Waals surface area (Å²) in [5.74, 6) is -0.0119. The molecule has 0 radical (unpaired) electrons. The molecule has 0 saturated carbocycles. The van der Waals surface area contributed by atoms with Gasteiger partial charge in [-0.15, -0.1) is 0 Å². The van der Waals surface area contributed by atoms with Crippen LogP contribution in [0.2, 0.25) is 0 Å². The molecular formula is C8H17N2O2+. The number of likely N-dealkylation sites (tertiary alicyclic amines) is 1. The van der Waals surface area contributed by atoms with Crippen molar-refractivity contribution in [1.29, 1.82) is 0 Å². The number of rotatable bonds is 3. The van der Waals surface area contributed by atoms with E-state index in [9.17, 15) is 4.79 Å². The maximum Gasteiger partial charge on any atom is 0.246 e. The Balaban J connectivity index is 2.14. The van der Waals surface area contributed by atoms with Crippen LogP contribution in [0.5, 0.6) is 0 Å². The molecule has 4 heteroatoms. The molecule has 1 fully saturated rings. The normalized spacial score (nSPS) is 21.6. The molecule has 0 aromatic heterocycles. The third-order valence-corrected chi connectivity index (χ3v) is 2.07. The highest BCUT2D eigenvalue weighted by Crippen LogP contribution is 2.12. The van der Waals surface area contributed by atoms with Gasteiger partial charge in [0.25, 0.3) is 0 Å². The molecule has 12 heavy (non-hydrogen) atoms. The Kier molecular flexibility index (Phi) is 2.69. The second-order valence-electron chi connectivity index (χ2n) is 4.00. The number of nitrogens with one attached hydrogen (secondary N) is 1. The van der Waals surface area contributed by atoms with Crippen LogP contribution in [0.1, 0.15) is 0 Å². The molecule has 0 aliphatic carbocycles. The average Bonchev–Trinajstić information content (AvgIpc) is 1.83. The van der Waals surface area contributed by atoms with Crippen molar-refractivity contribution in [3.8, 4) is 0 Å². The third kappa shape index (κ3) is 2.46. The van der Waals surface area contributed by atoms with Gasteiger partial charge in [-0.05, 0) is 0 Å². The SMILES string of the molecule is COCC(=O)NC1C[N+](C)(C)C1. The summed E-state index contributed by atoms with van der Waals surface area (Å²) in [6.45, 7) is 2.22. The molecule has 0 aromatic rings. The lowest BCUT2D eigenvalue weighted by Gasteiger charge is -2.44. The third-order valence-electron chi connectivity index (χ3n) is 2.07. The minimum atomic E-state index is -0.0119. The fourth-order valence-corrected chi connectivity index (χ4v) is 1.63. The highest BCUT2D eigenvalue weighted by Gasteiger charge is 2.37. The Hall–Kier alpha value is -0.610. The molecular weight excluding hydrogens is 156 g/mol. The number of hydrogen-bond donors (Lipinski definition) is 1. The standard InChI is InChI=1S/C8H16N2O2/c1-10(2)4-7(5-10)9-8(11)6-12-3/h7H,4-6H2,1-3H3/p+1. The topological polar surface area (TPSA) is 38.3 Å². The van der Waals surface area contributed by atoms with Crippen molar-refractivity contribution in [3.05, 3.63) is 0 Å². The molecule has 0 bridgehead atoms. The number of ether oxygens (including phenoxy) is 1. The lowest BCUT2D eigenvalue weighted by atomic mass is 10.1. The van der Waals surface area contributed by atoms with Crippen molar-refractivity contribution in [1.82, 2.24) is 5.32 Å². The molecule has 1 N–H and O–H groups in total. The van der Waals surface area contributed by atoms with Crippen molar-refractivity contribution in [2.24, 2.45) is 0 Å². The number of amides is 1. The molecule has 1 aliphatic heterocycles. The second-order valence-corrected chi connectivity index (χ2v) is 4.00. The zero-order valence-electron chi connectivity index (χ0n) is 7.96. The molecule has 1 rings (SSSR count). The number of carbonyl (C=O) groups is 1. The number of hydrogen-bond acceptors (Lipinski definition) is 2. The van der Waals surface area contributed by atoms with Gasteiger partial charge in [-0.3, -0.25) is 4.79 Å². The molecule has 70 valence electrons. The Morgan fingerprint density at radius 1 is 1.58 bits per heavy atom. The smallest absolute Gasteiger partial charge is 0.246 e. The molecule has 0 unspecified atom stereocenters. The van der Waals surface area contributed by atoms with E-state index in [0.29, 0.717) is 6.04 Å². The summed E-state index contributed by atoms with van der Waals surface area (Å²) in [6.07, 6.45) is 0. The van der Waals surface area contributed by atoms with Crippen LogP contribution in [-0.2, 0) is 9.53 Å².